The number of ether oxygens (including phenoxy) is 1. The summed E-state index contributed by atoms with van der Waals surface area (Å²) >= 11 is 7.75. The van der Waals surface area contributed by atoms with Crippen LogP contribution in [0.4, 0.5) is 5.13 Å². The molecule has 10 heteroatoms. The largest absolute Gasteiger partial charge is 0.379 e. The van der Waals surface area contributed by atoms with E-state index in [1.54, 1.807) is 11.0 Å². The van der Waals surface area contributed by atoms with Crippen LogP contribution >= 0.6 is 22.9 Å². The highest BCUT2D eigenvalue weighted by atomic mass is 35.5. The third-order valence-electron chi connectivity index (χ3n) is 5.99. The number of benzene rings is 3. The molecule has 7 nitrogen and oxygen atoms in total. The maximum atomic E-state index is 13.8. The Morgan fingerprint density at radius 1 is 1.03 bits per heavy atom. The van der Waals surface area contributed by atoms with Gasteiger partial charge in [0.05, 0.1) is 28.5 Å². The zero-order chi connectivity index (χ0) is 25.1. The number of para-hydroxylation sites is 1. The molecule has 0 unspecified atom stereocenters. The van der Waals surface area contributed by atoms with E-state index in [-0.39, 0.29) is 34.5 Å². The summed E-state index contributed by atoms with van der Waals surface area (Å²) in [6, 6.07) is 22.0. The van der Waals surface area contributed by atoms with E-state index in [4.69, 9.17) is 21.3 Å². The van der Waals surface area contributed by atoms with Gasteiger partial charge in [-0.2, -0.15) is 4.31 Å². The third-order valence-corrected chi connectivity index (χ3v) is 9.43. The van der Waals surface area contributed by atoms with E-state index < -0.39 is 10.0 Å². The Morgan fingerprint density at radius 2 is 1.75 bits per heavy atom. The molecule has 1 fully saturated rings. The molecule has 1 amide bonds. The number of sulfonamides is 1. The number of nitrogens with zero attached hydrogens (tertiary/aromatic N) is 3. The Balaban J connectivity index is 1.50. The molecule has 0 saturated carbocycles. The zero-order valence-corrected chi connectivity index (χ0v) is 21.7. The third kappa shape index (κ3) is 5.16. The fourth-order valence-corrected chi connectivity index (χ4v) is 6.96. The van der Waals surface area contributed by atoms with Crippen molar-refractivity contribution in [3.05, 3.63) is 88.9 Å². The highest BCUT2D eigenvalue weighted by Gasteiger charge is 2.30. The second kappa shape index (κ2) is 10.7. The number of amides is 1. The van der Waals surface area contributed by atoms with Gasteiger partial charge in [-0.25, -0.2) is 13.4 Å². The number of thiazole rings is 1. The molecule has 5 rings (SSSR count). The summed E-state index contributed by atoms with van der Waals surface area (Å²) in [6.45, 7) is 1.51. The van der Waals surface area contributed by atoms with Crippen LogP contribution in [0.25, 0.3) is 10.2 Å². The van der Waals surface area contributed by atoms with E-state index in [9.17, 15) is 13.2 Å². The first kappa shape index (κ1) is 24.9. The Labute approximate surface area is 218 Å². The van der Waals surface area contributed by atoms with Crippen LogP contribution in [0.1, 0.15) is 15.9 Å². The van der Waals surface area contributed by atoms with Gasteiger partial charge in [0.25, 0.3) is 5.91 Å². The van der Waals surface area contributed by atoms with Crippen LogP contribution in [0, 0.1) is 0 Å². The maximum Gasteiger partial charge on any atom is 0.260 e. The van der Waals surface area contributed by atoms with Gasteiger partial charge in [0, 0.05) is 25.2 Å². The van der Waals surface area contributed by atoms with Crippen molar-refractivity contribution in [2.24, 2.45) is 0 Å². The lowest BCUT2D eigenvalue weighted by atomic mass is 10.1. The van der Waals surface area contributed by atoms with Crippen molar-refractivity contribution in [2.75, 3.05) is 37.7 Å². The average Bonchev–Trinajstić information content (AvgIpc) is 3.34. The molecule has 0 aliphatic carbocycles. The van der Waals surface area contributed by atoms with E-state index in [0.717, 1.165) is 15.8 Å². The minimum atomic E-state index is -3.88. The molecule has 0 N–H and O–H groups in total. The van der Waals surface area contributed by atoms with E-state index in [1.807, 2.05) is 54.6 Å². The van der Waals surface area contributed by atoms with Gasteiger partial charge in [0.1, 0.15) is 4.90 Å². The van der Waals surface area contributed by atoms with Gasteiger partial charge in [-0.15, -0.1) is 0 Å². The van der Waals surface area contributed by atoms with Crippen LogP contribution in [-0.2, 0) is 21.2 Å². The van der Waals surface area contributed by atoms with E-state index >= 15 is 0 Å². The average molecular weight is 542 g/mol. The van der Waals surface area contributed by atoms with E-state index in [2.05, 4.69) is 0 Å². The van der Waals surface area contributed by atoms with Crippen molar-refractivity contribution in [1.82, 2.24) is 9.29 Å². The topological polar surface area (TPSA) is 79.8 Å². The van der Waals surface area contributed by atoms with Crippen LogP contribution in [0.5, 0.6) is 0 Å². The van der Waals surface area contributed by atoms with Gasteiger partial charge in [-0.1, -0.05) is 65.4 Å². The molecule has 186 valence electrons. The first-order chi connectivity index (χ1) is 17.4. The number of hydrogen-bond acceptors (Lipinski definition) is 6. The van der Waals surface area contributed by atoms with E-state index in [1.165, 1.54) is 27.8 Å². The summed E-state index contributed by atoms with van der Waals surface area (Å²) in [7, 11) is -3.88. The number of halogens is 1. The van der Waals surface area contributed by atoms with Crippen molar-refractivity contribution in [1.29, 1.82) is 0 Å². The zero-order valence-electron chi connectivity index (χ0n) is 19.3. The number of rotatable bonds is 7. The molecule has 3 aromatic carbocycles. The second-order valence-electron chi connectivity index (χ2n) is 8.32. The Bertz CT molecular complexity index is 1450. The molecule has 0 atom stereocenters. The summed E-state index contributed by atoms with van der Waals surface area (Å²) < 4.78 is 34.2. The van der Waals surface area contributed by atoms with Crippen molar-refractivity contribution < 1.29 is 17.9 Å². The number of fused-ring (bicyclic) bond motifs is 1. The first-order valence-corrected chi connectivity index (χ1v) is 14.2. The molecule has 0 bridgehead atoms. The molecule has 1 saturated heterocycles. The van der Waals surface area contributed by atoms with Crippen molar-refractivity contribution in [3.63, 3.8) is 0 Å². The number of morpholine rings is 1. The SMILES string of the molecule is O=C(c1ccc(Cl)c(S(=O)(=O)N2CCOCC2)c1)N(CCc1ccccc1)c1nc2ccccc2s1. The Hall–Kier alpha value is -2.82. The molecular weight excluding hydrogens is 518 g/mol. The minimum Gasteiger partial charge on any atom is -0.379 e. The Kier molecular flexibility index (Phi) is 7.36. The number of hydrogen-bond donors (Lipinski definition) is 0. The van der Waals surface area contributed by atoms with Crippen LogP contribution in [-0.4, -0.2) is 56.5 Å². The normalized spacial score (nSPS) is 14.7. The molecule has 36 heavy (non-hydrogen) atoms. The molecule has 1 aliphatic rings. The number of anilines is 1. The molecule has 0 spiro atoms. The van der Waals surface area contributed by atoms with Crippen LogP contribution in [0.15, 0.2) is 77.7 Å². The highest BCUT2D eigenvalue weighted by molar-refractivity contribution is 7.89. The van der Waals surface area contributed by atoms with E-state index in [0.29, 0.717) is 31.3 Å². The number of carbonyl (C=O) groups is 1. The second-order valence-corrected chi connectivity index (χ2v) is 11.6. The fourth-order valence-electron chi connectivity index (χ4n) is 4.06. The predicted octanol–water partition coefficient (Wildman–Crippen LogP) is 4.86. The van der Waals surface area contributed by atoms with Crippen molar-refractivity contribution in [2.45, 2.75) is 11.3 Å². The summed E-state index contributed by atoms with van der Waals surface area (Å²) in [5.74, 6) is -0.333. The van der Waals surface area contributed by atoms with Gasteiger partial charge < -0.3 is 4.74 Å². The smallest absolute Gasteiger partial charge is 0.260 e. The summed E-state index contributed by atoms with van der Waals surface area (Å²) in [4.78, 5) is 20.1. The van der Waals surface area contributed by atoms with Gasteiger partial charge in [-0.05, 0) is 42.3 Å². The minimum absolute atomic E-state index is 0.0777. The molecule has 2 heterocycles. The standard InChI is InChI=1S/C26H24ClN3O4S2/c27-21-11-10-20(18-24(21)36(32,33)29-14-16-34-17-15-29)25(31)30(13-12-19-6-2-1-3-7-19)26-28-22-8-4-5-9-23(22)35-26/h1-11,18H,12-17H2. The monoisotopic (exact) mass is 541 g/mol. The summed E-state index contributed by atoms with van der Waals surface area (Å²) in [6.07, 6.45) is 0.620. The van der Waals surface area contributed by atoms with Gasteiger partial charge in [-0.3, -0.25) is 9.69 Å². The summed E-state index contributed by atoms with van der Waals surface area (Å²) in [5, 5.41) is 0.638. The fraction of sp³-hybridized carbons (Fsp3) is 0.231. The van der Waals surface area contributed by atoms with Gasteiger partial charge in [0.2, 0.25) is 10.0 Å². The number of aromatic nitrogens is 1. The predicted molar refractivity (Wildman–Crippen MR) is 142 cm³/mol. The van der Waals surface area contributed by atoms with Crippen LogP contribution < -0.4 is 4.90 Å². The highest BCUT2D eigenvalue weighted by Crippen LogP contribution is 2.31. The lowest BCUT2D eigenvalue weighted by Gasteiger charge is -2.26. The van der Waals surface area contributed by atoms with Crippen LogP contribution in [0.3, 0.4) is 0 Å². The molecule has 1 aromatic heterocycles. The Morgan fingerprint density at radius 3 is 2.50 bits per heavy atom. The van der Waals surface area contributed by atoms with Gasteiger partial charge >= 0.3 is 0 Å². The maximum absolute atomic E-state index is 13.8. The van der Waals surface area contributed by atoms with Crippen LogP contribution in [0.2, 0.25) is 5.02 Å². The number of carbonyl (C=O) groups excluding carboxylic acids is 1. The quantitative estimate of drug-likeness (QED) is 0.334. The molecule has 0 radical (unpaired) electrons. The lowest BCUT2D eigenvalue weighted by molar-refractivity contribution is 0.0730. The van der Waals surface area contributed by atoms with Crippen molar-refractivity contribution in [3.8, 4) is 0 Å². The first-order valence-electron chi connectivity index (χ1n) is 11.5. The van der Waals surface area contributed by atoms with Crippen molar-refractivity contribution >= 4 is 54.2 Å². The van der Waals surface area contributed by atoms with Gasteiger partial charge in [0.15, 0.2) is 5.13 Å². The molecule has 1 aliphatic heterocycles. The molecular formula is C26H24ClN3O4S2. The summed E-state index contributed by atoms with van der Waals surface area (Å²) in [5.41, 5.74) is 2.13. The molecule has 4 aromatic rings. The lowest BCUT2D eigenvalue weighted by Crippen LogP contribution is -2.40.